The van der Waals surface area contributed by atoms with Crippen LogP contribution < -0.4 is 5.32 Å². The monoisotopic (exact) mass is 372 g/mol. The Morgan fingerprint density at radius 3 is 2.22 bits per heavy atom. The number of benzene rings is 2. The number of nitrogens with one attached hydrogen (secondary N) is 1. The zero-order chi connectivity index (χ0) is 20.0. The standard InChI is InChI=1S/C18H16N2O7/c1-27-18(24)15(10-11-6-8-12(9-7-11)20(25)26)19-16(21)13-4-2-3-5-14(13)17(22)23/h2-9,15H,10H2,1H3,(H,19,21)(H,22,23)/t15-/m0/s1. The van der Waals surface area contributed by atoms with Crippen LogP contribution in [0.15, 0.2) is 48.5 Å². The minimum Gasteiger partial charge on any atom is -0.478 e. The predicted octanol–water partition coefficient (Wildman–Crippen LogP) is 1.81. The maximum absolute atomic E-state index is 12.5. The summed E-state index contributed by atoms with van der Waals surface area (Å²) < 4.78 is 4.68. The topological polar surface area (TPSA) is 136 Å². The molecule has 0 unspecified atom stereocenters. The fourth-order valence-corrected chi connectivity index (χ4v) is 2.43. The number of carboxylic acids is 1. The van der Waals surface area contributed by atoms with E-state index < -0.39 is 28.8 Å². The molecule has 0 bridgehead atoms. The van der Waals surface area contributed by atoms with Gasteiger partial charge in [-0.3, -0.25) is 14.9 Å². The fraction of sp³-hybridized carbons (Fsp3) is 0.167. The van der Waals surface area contributed by atoms with Crippen molar-refractivity contribution in [2.24, 2.45) is 0 Å². The lowest BCUT2D eigenvalue weighted by Crippen LogP contribution is -2.43. The van der Waals surface area contributed by atoms with Gasteiger partial charge >= 0.3 is 11.9 Å². The van der Waals surface area contributed by atoms with Gasteiger partial charge in [0.05, 0.1) is 23.2 Å². The van der Waals surface area contributed by atoms with Crippen molar-refractivity contribution in [3.8, 4) is 0 Å². The summed E-state index contributed by atoms with van der Waals surface area (Å²) >= 11 is 0. The molecule has 0 saturated carbocycles. The molecular weight excluding hydrogens is 356 g/mol. The Balaban J connectivity index is 2.22. The summed E-state index contributed by atoms with van der Waals surface area (Å²) in [5, 5.41) is 22.3. The number of carbonyl (C=O) groups excluding carboxylic acids is 2. The van der Waals surface area contributed by atoms with Crippen molar-refractivity contribution in [1.82, 2.24) is 5.32 Å². The van der Waals surface area contributed by atoms with E-state index in [-0.39, 0.29) is 23.2 Å². The highest BCUT2D eigenvalue weighted by atomic mass is 16.6. The summed E-state index contributed by atoms with van der Waals surface area (Å²) in [6, 6.07) is 10.00. The number of aromatic carboxylic acids is 1. The third-order valence-corrected chi connectivity index (χ3v) is 3.78. The molecule has 9 nitrogen and oxygen atoms in total. The molecule has 0 spiro atoms. The van der Waals surface area contributed by atoms with Crippen LogP contribution in [0.5, 0.6) is 0 Å². The van der Waals surface area contributed by atoms with E-state index in [1.807, 2.05) is 0 Å². The van der Waals surface area contributed by atoms with Crippen LogP contribution in [-0.2, 0) is 16.0 Å². The molecule has 0 aromatic heterocycles. The molecule has 1 atom stereocenters. The summed E-state index contributed by atoms with van der Waals surface area (Å²) in [5.41, 5.74) is 0.159. The number of hydrogen-bond acceptors (Lipinski definition) is 6. The van der Waals surface area contributed by atoms with Crippen LogP contribution >= 0.6 is 0 Å². The summed E-state index contributed by atoms with van der Waals surface area (Å²) in [6.07, 6.45) is 0.0195. The minimum absolute atomic E-state index is 0.0195. The fourth-order valence-electron chi connectivity index (χ4n) is 2.43. The van der Waals surface area contributed by atoms with Crippen molar-refractivity contribution in [3.05, 3.63) is 75.3 Å². The van der Waals surface area contributed by atoms with Gasteiger partial charge in [0, 0.05) is 18.6 Å². The second kappa shape index (κ2) is 8.56. The van der Waals surface area contributed by atoms with Crippen molar-refractivity contribution in [3.63, 3.8) is 0 Å². The molecule has 0 aliphatic heterocycles. The molecule has 140 valence electrons. The van der Waals surface area contributed by atoms with Crippen LogP contribution in [0.25, 0.3) is 0 Å². The molecular formula is C18H16N2O7. The summed E-state index contributed by atoms with van der Waals surface area (Å²) in [6.45, 7) is 0. The first-order valence-corrected chi connectivity index (χ1v) is 7.77. The van der Waals surface area contributed by atoms with Gasteiger partial charge in [0.25, 0.3) is 11.6 Å². The number of nitrogens with zero attached hydrogens (tertiary/aromatic N) is 1. The van der Waals surface area contributed by atoms with Crippen molar-refractivity contribution in [2.75, 3.05) is 7.11 Å². The Morgan fingerprint density at radius 2 is 1.70 bits per heavy atom. The Bertz CT molecular complexity index is 878. The van der Waals surface area contributed by atoms with Crippen LogP contribution in [0, 0.1) is 10.1 Å². The first kappa shape index (κ1) is 19.6. The second-order valence-electron chi connectivity index (χ2n) is 5.53. The number of rotatable bonds is 7. The van der Waals surface area contributed by atoms with Gasteiger partial charge in [-0.15, -0.1) is 0 Å². The van der Waals surface area contributed by atoms with Gasteiger partial charge in [-0.25, -0.2) is 9.59 Å². The number of ether oxygens (including phenoxy) is 1. The lowest BCUT2D eigenvalue weighted by atomic mass is 10.0. The Hall–Kier alpha value is -3.75. The van der Waals surface area contributed by atoms with E-state index in [4.69, 9.17) is 0 Å². The normalized spacial score (nSPS) is 11.3. The first-order valence-electron chi connectivity index (χ1n) is 7.77. The molecule has 2 aromatic carbocycles. The van der Waals surface area contributed by atoms with Crippen LogP contribution in [0.1, 0.15) is 26.3 Å². The summed E-state index contributed by atoms with van der Waals surface area (Å²) in [4.78, 5) is 45.9. The van der Waals surface area contributed by atoms with Crippen molar-refractivity contribution in [1.29, 1.82) is 0 Å². The number of hydrogen-bond donors (Lipinski definition) is 2. The molecule has 2 N–H and O–H groups in total. The number of esters is 1. The number of amides is 1. The molecule has 0 radical (unpaired) electrons. The zero-order valence-electron chi connectivity index (χ0n) is 14.2. The van der Waals surface area contributed by atoms with Crippen LogP contribution in [-0.4, -0.2) is 41.0 Å². The predicted molar refractivity (Wildman–Crippen MR) is 93.5 cm³/mol. The Kier molecular flexibility index (Phi) is 6.21. The molecule has 2 rings (SSSR count). The SMILES string of the molecule is COC(=O)[C@H](Cc1ccc([N+](=O)[O-])cc1)NC(=O)c1ccccc1C(=O)O. The van der Waals surface area contributed by atoms with E-state index in [0.717, 1.165) is 7.11 Å². The highest BCUT2D eigenvalue weighted by molar-refractivity contribution is 6.05. The molecule has 0 saturated heterocycles. The smallest absolute Gasteiger partial charge is 0.336 e. The van der Waals surface area contributed by atoms with Gasteiger partial charge in [0.15, 0.2) is 0 Å². The number of non-ortho nitro benzene ring substituents is 1. The van der Waals surface area contributed by atoms with Gasteiger partial charge in [-0.1, -0.05) is 24.3 Å². The van der Waals surface area contributed by atoms with E-state index in [1.165, 1.54) is 48.5 Å². The quantitative estimate of drug-likeness (QED) is 0.430. The lowest BCUT2D eigenvalue weighted by molar-refractivity contribution is -0.384. The van der Waals surface area contributed by atoms with Crippen molar-refractivity contribution < 1.29 is 29.2 Å². The number of carbonyl (C=O) groups is 3. The largest absolute Gasteiger partial charge is 0.478 e. The van der Waals surface area contributed by atoms with Crippen molar-refractivity contribution >= 4 is 23.5 Å². The molecule has 27 heavy (non-hydrogen) atoms. The minimum atomic E-state index is -1.27. The van der Waals surface area contributed by atoms with Gasteiger partial charge in [0.1, 0.15) is 6.04 Å². The van der Waals surface area contributed by atoms with E-state index in [0.29, 0.717) is 5.56 Å². The third kappa shape index (κ3) is 4.88. The second-order valence-corrected chi connectivity index (χ2v) is 5.53. The lowest BCUT2D eigenvalue weighted by Gasteiger charge is -2.17. The maximum Gasteiger partial charge on any atom is 0.336 e. The zero-order valence-corrected chi connectivity index (χ0v) is 14.2. The van der Waals surface area contributed by atoms with Gasteiger partial charge in [-0.05, 0) is 17.7 Å². The van der Waals surface area contributed by atoms with Gasteiger partial charge in [0.2, 0.25) is 0 Å². The summed E-state index contributed by atoms with van der Waals surface area (Å²) in [7, 11) is 1.16. The number of carboxylic acid groups (broad SMARTS) is 1. The van der Waals surface area contributed by atoms with Crippen LogP contribution in [0.4, 0.5) is 5.69 Å². The highest BCUT2D eigenvalue weighted by Crippen LogP contribution is 2.14. The number of nitro groups is 1. The average Bonchev–Trinajstić information content (AvgIpc) is 2.67. The van der Waals surface area contributed by atoms with Crippen molar-refractivity contribution in [2.45, 2.75) is 12.5 Å². The van der Waals surface area contributed by atoms with E-state index in [1.54, 1.807) is 0 Å². The third-order valence-electron chi connectivity index (χ3n) is 3.78. The molecule has 1 amide bonds. The summed E-state index contributed by atoms with van der Waals surface area (Å²) in [5.74, 6) is -2.74. The molecule has 0 fully saturated rings. The molecule has 2 aromatic rings. The highest BCUT2D eigenvalue weighted by Gasteiger charge is 2.25. The Labute approximate surface area is 153 Å². The van der Waals surface area contributed by atoms with Gasteiger partial charge in [-0.2, -0.15) is 0 Å². The van der Waals surface area contributed by atoms with Crippen LogP contribution in [0.3, 0.4) is 0 Å². The maximum atomic E-state index is 12.5. The van der Waals surface area contributed by atoms with Gasteiger partial charge < -0.3 is 15.2 Å². The Morgan fingerprint density at radius 1 is 1.11 bits per heavy atom. The van der Waals surface area contributed by atoms with E-state index in [2.05, 4.69) is 10.1 Å². The molecule has 9 heteroatoms. The molecule has 0 aliphatic rings. The van der Waals surface area contributed by atoms with E-state index >= 15 is 0 Å². The molecule has 0 heterocycles. The molecule has 0 aliphatic carbocycles. The average molecular weight is 372 g/mol. The first-order chi connectivity index (χ1) is 12.8. The number of methoxy groups -OCH3 is 1. The van der Waals surface area contributed by atoms with Crippen LogP contribution in [0.2, 0.25) is 0 Å². The number of nitro benzene ring substituents is 1. The van der Waals surface area contributed by atoms with E-state index in [9.17, 15) is 29.6 Å².